The van der Waals surface area contributed by atoms with Crippen molar-refractivity contribution in [3.63, 3.8) is 0 Å². The van der Waals surface area contributed by atoms with E-state index in [2.05, 4.69) is 4.98 Å². The van der Waals surface area contributed by atoms with E-state index in [1.807, 2.05) is 54.6 Å². The molecule has 108 valence electrons. The van der Waals surface area contributed by atoms with E-state index in [4.69, 9.17) is 20.4 Å². The summed E-state index contributed by atoms with van der Waals surface area (Å²) in [5.74, 6) is 1.51. The number of halogens is 1. The van der Waals surface area contributed by atoms with Crippen LogP contribution < -0.4 is 0 Å². The first-order valence-electron chi connectivity index (χ1n) is 6.96. The summed E-state index contributed by atoms with van der Waals surface area (Å²) in [6, 6.07) is 17.4. The van der Waals surface area contributed by atoms with Gasteiger partial charge in [0.15, 0.2) is 11.5 Å². The molecule has 4 heteroatoms. The zero-order chi connectivity index (χ0) is 14.9. The number of rotatable bonds is 3. The zero-order valence-electron chi connectivity index (χ0n) is 11.6. The highest BCUT2D eigenvalue weighted by Gasteiger charge is 2.09. The van der Waals surface area contributed by atoms with Gasteiger partial charge in [-0.05, 0) is 48.0 Å². The van der Waals surface area contributed by atoms with Gasteiger partial charge in [-0.25, -0.2) is 4.98 Å². The molecule has 4 aromatic rings. The average Bonchev–Trinajstić information content (AvgIpc) is 3.17. The molecule has 0 aliphatic heterocycles. The number of oxazole rings is 1. The second-order valence-electron chi connectivity index (χ2n) is 5.07. The molecule has 0 amide bonds. The van der Waals surface area contributed by atoms with Crippen LogP contribution in [-0.4, -0.2) is 4.98 Å². The summed E-state index contributed by atoms with van der Waals surface area (Å²) in [6.07, 6.45) is 2.30. The second kappa shape index (κ2) is 5.35. The van der Waals surface area contributed by atoms with Crippen molar-refractivity contribution in [3.05, 3.63) is 77.3 Å². The topological polar surface area (TPSA) is 39.2 Å². The summed E-state index contributed by atoms with van der Waals surface area (Å²) >= 11 is 5.90. The third-order valence-corrected chi connectivity index (χ3v) is 3.76. The van der Waals surface area contributed by atoms with Gasteiger partial charge in [-0.3, -0.25) is 0 Å². The van der Waals surface area contributed by atoms with Gasteiger partial charge >= 0.3 is 0 Å². The monoisotopic (exact) mass is 309 g/mol. The Labute approximate surface area is 132 Å². The van der Waals surface area contributed by atoms with Crippen molar-refractivity contribution in [2.75, 3.05) is 0 Å². The predicted octanol–water partition coefficient (Wildman–Crippen LogP) is 5.33. The van der Waals surface area contributed by atoms with Gasteiger partial charge in [-0.1, -0.05) is 23.7 Å². The molecule has 0 N–H and O–H groups in total. The van der Waals surface area contributed by atoms with Crippen LogP contribution in [0.4, 0.5) is 0 Å². The van der Waals surface area contributed by atoms with Gasteiger partial charge in [0.1, 0.15) is 11.3 Å². The summed E-state index contributed by atoms with van der Waals surface area (Å²) in [4.78, 5) is 4.52. The molecule has 0 aliphatic rings. The molecule has 0 atom stereocenters. The van der Waals surface area contributed by atoms with E-state index in [0.29, 0.717) is 12.3 Å². The van der Waals surface area contributed by atoms with Gasteiger partial charge in [-0.2, -0.15) is 0 Å². The number of hydrogen-bond donors (Lipinski definition) is 0. The fourth-order valence-corrected chi connectivity index (χ4v) is 2.55. The van der Waals surface area contributed by atoms with Crippen molar-refractivity contribution in [1.82, 2.24) is 4.98 Å². The van der Waals surface area contributed by atoms with Crippen molar-refractivity contribution in [3.8, 4) is 11.3 Å². The summed E-state index contributed by atoms with van der Waals surface area (Å²) in [5.41, 5.74) is 3.70. The lowest BCUT2D eigenvalue weighted by molar-refractivity contribution is 0.543. The molecule has 0 aliphatic carbocycles. The summed E-state index contributed by atoms with van der Waals surface area (Å²) in [5, 5.41) is 0.726. The summed E-state index contributed by atoms with van der Waals surface area (Å²) in [6.45, 7) is 0. The number of fused-ring (bicyclic) bond motifs is 1. The zero-order valence-corrected chi connectivity index (χ0v) is 12.4. The molecule has 2 aromatic carbocycles. The fourth-order valence-electron chi connectivity index (χ4n) is 2.42. The predicted molar refractivity (Wildman–Crippen MR) is 86.0 cm³/mol. The maximum absolute atomic E-state index is 5.90. The normalized spacial score (nSPS) is 11.1. The van der Waals surface area contributed by atoms with E-state index in [0.717, 1.165) is 33.0 Å². The number of furan rings is 1. The number of nitrogens with zero attached hydrogens (tertiary/aromatic N) is 1. The Hall–Kier alpha value is -2.52. The molecule has 0 saturated carbocycles. The second-order valence-corrected chi connectivity index (χ2v) is 5.51. The first kappa shape index (κ1) is 13.2. The van der Waals surface area contributed by atoms with Crippen molar-refractivity contribution in [2.24, 2.45) is 0 Å². The van der Waals surface area contributed by atoms with Gasteiger partial charge in [0.25, 0.3) is 0 Å². The number of hydrogen-bond acceptors (Lipinski definition) is 3. The molecule has 0 unspecified atom stereocenters. The van der Waals surface area contributed by atoms with E-state index >= 15 is 0 Å². The van der Waals surface area contributed by atoms with Crippen molar-refractivity contribution in [1.29, 1.82) is 0 Å². The van der Waals surface area contributed by atoms with Crippen LogP contribution in [0.25, 0.3) is 22.4 Å². The molecule has 0 fully saturated rings. The third-order valence-electron chi connectivity index (χ3n) is 3.51. The lowest BCUT2D eigenvalue weighted by Crippen LogP contribution is -1.87. The van der Waals surface area contributed by atoms with E-state index in [1.165, 1.54) is 0 Å². The molecule has 0 spiro atoms. The molecule has 2 aromatic heterocycles. The van der Waals surface area contributed by atoms with Crippen molar-refractivity contribution < 1.29 is 8.83 Å². The maximum Gasteiger partial charge on any atom is 0.199 e. The first-order valence-corrected chi connectivity index (χ1v) is 7.33. The highest BCUT2D eigenvalue weighted by Crippen LogP contribution is 2.26. The summed E-state index contributed by atoms with van der Waals surface area (Å²) < 4.78 is 11.3. The van der Waals surface area contributed by atoms with Gasteiger partial charge in [0.2, 0.25) is 0 Å². The quantitative estimate of drug-likeness (QED) is 0.513. The molecule has 0 saturated heterocycles. The van der Waals surface area contributed by atoms with Crippen LogP contribution in [0.1, 0.15) is 11.5 Å². The third kappa shape index (κ3) is 2.51. The van der Waals surface area contributed by atoms with Crippen LogP contribution in [0.3, 0.4) is 0 Å². The van der Waals surface area contributed by atoms with Crippen LogP contribution in [-0.2, 0) is 6.42 Å². The highest BCUT2D eigenvalue weighted by atomic mass is 35.5. The van der Waals surface area contributed by atoms with Gasteiger partial charge < -0.3 is 8.83 Å². The Balaban J connectivity index is 1.67. The average molecular weight is 310 g/mol. The van der Waals surface area contributed by atoms with Crippen molar-refractivity contribution in [2.45, 2.75) is 6.42 Å². The number of benzene rings is 2. The molecule has 0 bridgehead atoms. The van der Waals surface area contributed by atoms with Crippen LogP contribution in [0.5, 0.6) is 0 Å². The van der Waals surface area contributed by atoms with Gasteiger partial charge in [0, 0.05) is 17.0 Å². The smallest absolute Gasteiger partial charge is 0.199 e. The van der Waals surface area contributed by atoms with Crippen molar-refractivity contribution >= 4 is 22.7 Å². The fraction of sp³-hybridized carbons (Fsp3) is 0.0556. The lowest BCUT2D eigenvalue weighted by Gasteiger charge is -1.97. The van der Waals surface area contributed by atoms with Crippen LogP contribution in [0, 0.1) is 0 Å². The molecule has 4 rings (SSSR count). The highest BCUT2D eigenvalue weighted by molar-refractivity contribution is 6.30. The Kier molecular flexibility index (Phi) is 3.20. The van der Waals surface area contributed by atoms with E-state index < -0.39 is 0 Å². The first-order chi connectivity index (χ1) is 10.8. The molecule has 2 heterocycles. The molecule has 22 heavy (non-hydrogen) atoms. The minimum atomic E-state index is 0.641. The van der Waals surface area contributed by atoms with Crippen LogP contribution in [0.2, 0.25) is 5.02 Å². The minimum Gasteiger partial charge on any atom is -0.464 e. The van der Waals surface area contributed by atoms with Crippen LogP contribution >= 0.6 is 11.6 Å². The van der Waals surface area contributed by atoms with E-state index in [1.54, 1.807) is 6.26 Å². The van der Waals surface area contributed by atoms with E-state index in [-0.39, 0.29) is 0 Å². The minimum absolute atomic E-state index is 0.641. The standard InChI is InChI=1S/C18H12ClNO2/c19-14-6-3-12(4-7-14)10-18-20-15-8-5-13(11-17(15)22-18)16-2-1-9-21-16/h1-9,11H,10H2. The lowest BCUT2D eigenvalue weighted by atomic mass is 10.1. The molecule has 0 radical (unpaired) electrons. The Morgan fingerprint density at radius 1 is 1.00 bits per heavy atom. The Morgan fingerprint density at radius 2 is 1.86 bits per heavy atom. The Morgan fingerprint density at radius 3 is 2.64 bits per heavy atom. The Bertz CT molecular complexity index is 908. The largest absolute Gasteiger partial charge is 0.464 e. The van der Waals surface area contributed by atoms with Gasteiger partial charge in [0.05, 0.1) is 6.26 Å². The molecule has 3 nitrogen and oxygen atoms in total. The summed E-state index contributed by atoms with van der Waals surface area (Å²) in [7, 11) is 0. The molecular weight excluding hydrogens is 298 g/mol. The van der Waals surface area contributed by atoms with Gasteiger partial charge in [-0.15, -0.1) is 0 Å². The number of aromatic nitrogens is 1. The van der Waals surface area contributed by atoms with E-state index in [9.17, 15) is 0 Å². The van der Waals surface area contributed by atoms with Crippen LogP contribution in [0.15, 0.2) is 69.7 Å². The maximum atomic E-state index is 5.90. The molecular formula is C18H12ClNO2. The SMILES string of the molecule is Clc1ccc(Cc2nc3ccc(-c4ccco4)cc3o2)cc1.